The number of hydrogen-bond donors (Lipinski definition) is 1. The Bertz CT molecular complexity index is 1320. The molecular formula is C24H20N2O5. The summed E-state index contributed by atoms with van der Waals surface area (Å²) in [6.45, 7) is 1.62. The molecule has 7 nitrogen and oxygen atoms in total. The fourth-order valence-corrected chi connectivity index (χ4v) is 3.33. The van der Waals surface area contributed by atoms with Crippen LogP contribution in [0.5, 0.6) is 17.2 Å². The Labute approximate surface area is 178 Å². The van der Waals surface area contributed by atoms with Gasteiger partial charge in [-0.05, 0) is 31.2 Å². The molecule has 0 spiro atoms. The van der Waals surface area contributed by atoms with Crippen LogP contribution >= 0.6 is 0 Å². The Morgan fingerprint density at radius 1 is 0.968 bits per heavy atom. The molecule has 1 N–H and O–H groups in total. The zero-order chi connectivity index (χ0) is 22.0. The molecule has 156 valence electrons. The van der Waals surface area contributed by atoms with Gasteiger partial charge in [-0.1, -0.05) is 18.2 Å². The molecule has 0 aliphatic rings. The SMILES string of the molecule is COc1cc2c(cc1NC(=O)C(C)Oc1ccc(C#N)cc1OC)oc1ccccc12. The molecule has 1 atom stereocenters. The molecule has 0 saturated carbocycles. The van der Waals surface area contributed by atoms with Gasteiger partial charge in [0.1, 0.15) is 16.9 Å². The van der Waals surface area contributed by atoms with Gasteiger partial charge in [0.2, 0.25) is 0 Å². The van der Waals surface area contributed by atoms with Gasteiger partial charge in [-0.25, -0.2) is 0 Å². The van der Waals surface area contributed by atoms with Crippen molar-refractivity contribution in [3.8, 4) is 23.3 Å². The molecule has 1 unspecified atom stereocenters. The Morgan fingerprint density at radius 3 is 2.48 bits per heavy atom. The first kappa shape index (κ1) is 20.1. The number of rotatable bonds is 6. The van der Waals surface area contributed by atoms with Crippen molar-refractivity contribution in [2.24, 2.45) is 0 Å². The van der Waals surface area contributed by atoms with E-state index < -0.39 is 6.10 Å². The third-order valence-electron chi connectivity index (χ3n) is 4.92. The average Bonchev–Trinajstić information content (AvgIpc) is 3.15. The Hall–Kier alpha value is -4.18. The second-order valence-corrected chi connectivity index (χ2v) is 6.87. The van der Waals surface area contributed by atoms with E-state index in [1.807, 2.05) is 36.4 Å². The van der Waals surface area contributed by atoms with Gasteiger partial charge >= 0.3 is 0 Å². The van der Waals surface area contributed by atoms with Crippen LogP contribution < -0.4 is 19.5 Å². The number of hydrogen-bond acceptors (Lipinski definition) is 6. The van der Waals surface area contributed by atoms with Crippen LogP contribution in [0.1, 0.15) is 12.5 Å². The van der Waals surface area contributed by atoms with E-state index in [9.17, 15) is 4.79 Å². The number of nitriles is 1. The number of nitrogens with one attached hydrogen (secondary N) is 1. The minimum atomic E-state index is -0.835. The summed E-state index contributed by atoms with van der Waals surface area (Å²) in [5.41, 5.74) is 2.30. The topological polar surface area (TPSA) is 93.7 Å². The Kier molecular flexibility index (Phi) is 5.37. The van der Waals surface area contributed by atoms with Crippen LogP contribution in [0.15, 0.2) is 59.0 Å². The van der Waals surface area contributed by atoms with Crippen molar-refractivity contribution >= 4 is 33.5 Å². The van der Waals surface area contributed by atoms with Crippen molar-refractivity contribution in [2.45, 2.75) is 13.0 Å². The van der Waals surface area contributed by atoms with Crippen LogP contribution in [0.4, 0.5) is 5.69 Å². The molecule has 4 aromatic rings. The largest absolute Gasteiger partial charge is 0.495 e. The lowest BCUT2D eigenvalue weighted by Gasteiger charge is -2.17. The summed E-state index contributed by atoms with van der Waals surface area (Å²) in [6.07, 6.45) is -0.835. The van der Waals surface area contributed by atoms with Crippen LogP contribution in [0.2, 0.25) is 0 Å². The van der Waals surface area contributed by atoms with Gasteiger partial charge in [0.25, 0.3) is 5.91 Å². The number of ether oxygens (including phenoxy) is 3. The van der Waals surface area contributed by atoms with Crippen LogP contribution in [-0.2, 0) is 4.79 Å². The third-order valence-corrected chi connectivity index (χ3v) is 4.92. The van der Waals surface area contributed by atoms with Crippen molar-refractivity contribution < 1.29 is 23.4 Å². The molecule has 0 aliphatic heterocycles. The van der Waals surface area contributed by atoms with E-state index >= 15 is 0 Å². The summed E-state index contributed by atoms with van der Waals surface area (Å²) in [5.74, 6) is 0.875. The van der Waals surface area contributed by atoms with E-state index in [-0.39, 0.29) is 5.91 Å². The molecule has 7 heteroatoms. The molecule has 0 fully saturated rings. The number of amides is 1. The Morgan fingerprint density at radius 2 is 1.74 bits per heavy atom. The molecule has 31 heavy (non-hydrogen) atoms. The lowest BCUT2D eigenvalue weighted by atomic mass is 10.1. The van der Waals surface area contributed by atoms with Crippen LogP contribution in [0, 0.1) is 11.3 Å². The van der Waals surface area contributed by atoms with E-state index in [4.69, 9.17) is 23.9 Å². The summed E-state index contributed by atoms with van der Waals surface area (Å²) in [5, 5.41) is 13.7. The number of carbonyl (C=O) groups excluding carboxylic acids is 1. The zero-order valence-electron chi connectivity index (χ0n) is 17.3. The van der Waals surface area contributed by atoms with E-state index in [1.54, 1.807) is 38.3 Å². The van der Waals surface area contributed by atoms with Crippen molar-refractivity contribution in [3.63, 3.8) is 0 Å². The molecule has 1 amide bonds. The van der Waals surface area contributed by atoms with Gasteiger partial charge in [-0.2, -0.15) is 5.26 Å². The minimum Gasteiger partial charge on any atom is -0.495 e. The quantitative estimate of drug-likeness (QED) is 0.481. The monoisotopic (exact) mass is 416 g/mol. The predicted molar refractivity (Wildman–Crippen MR) is 117 cm³/mol. The highest BCUT2D eigenvalue weighted by Gasteiger charge is 2.20. The standard InChI is InChI=1S/C24H20N2O5/c1-14(30-20-9-8-15(13-25)10-23(20)29-3)24(27)26-18-12-21-17(11-22(18)28-2)16-6-4-5-7-19(16)31-21/h4-12,14H,1-3H3,(H,26,27). The van der Waals surface area contributed by atoms with Gasteiger partial charge in [0, 0.05) is 22.9 Å². The number of nitrogens with zero attached hydrogens (tertiary/aromatic N) is 1. The summed E-state index contributed by atoms with van der Waals surface area (Å²) < 4.78 is 22.4. The molecule has 3 aromatic carbocycles. The number of para-hydroxylation sites is 1. The number of furan rings is 1. The first-order valence-electron chi connectivity index (χ1n) is 9.59. The van der Waals surface area contributed by atoms with Crippen molar-refractivity contribution in [1.29, 1.82) is 5.26 Å². The van der Waals surface area contributed by atoms with E-state index in [2.05, 4.69) is 5.32 Å². The predicted octanol–water partition coefficient (Wildman–Crippen LogP) is 4.88. The van der Waals surface area contributed by atoms with E-state index in [1.165, 1.54) is 7.11 Å². The van der Waals surface area contributed by atoms with Gasteiger partial charge in [0.15, 0.2) is 17.6 Å². The second kappa shape index (κ2) is 8.28. The molecule has 0 saturated heterocycles. The van der Waals surface area contributed by atoms with Crippen molar-refractivity contribution in [3.05, 3.63) is 60.2 Å². The number of fused-ring (bicyclic) bond motifs is 3. The normalized spacial score (nSPS) is 11.7. The molecule has 0 radical (unpaired) electrons. The fourth-order valence-electron chi connectivity index (χ4n) is 3.33. The lowest BCUT2D eigenvalue weighted by Crippen LogP contribution is -2.30. The van der Waals surface area contributed by atoms with Gasteiger partial charge < -0.3 is 23.9 Å². The third kappa shape index (κ3) is 3.83. The van der Waals surface area contributed by atoms with Gasteiger partial charge in [-0.3, -0.25) is 4.79 Å². The van der Waals surface area contributed by atoms with E-state index in [0.717, 1.165) is 16.4 Å². The maximum Gasteiger partial charge on any atom is 0.265 e. The first-order valence-corrected chi connectivity index (χ1v) is 9.59. The average molecular weight is 416 g/mol. The highest BCUT2D eigenvalue weighted by atomic mass is 16.5. The second-order valence-electron chi connectivity index (χ2n) is 6.87. The van der Waals surface area contributed by atoms with Crippen LogP contribution in [0.3, 0.4) is 0 Å². The maximum absolute atomic E-state index is 12.8. The smallest absolute Gasteiger partial charge is 0.265 e. The molecular weight excluding hydrogens is 396 g/mol. The van der Waals surface area contributed by atoms with Gasteiger partial charge in [-0.15, -0.1) is 0 Å². The minimum absolute atomic E-state index is 0.365. The molecule has 0 aliphatic carbocycles. The zero-order valence-corrected chi connectivity index (χ0v) is 17.3. The lowest BCUT2D eigenvalue weighted by molar-refractivity contribution is -0.122. The summed E-state index contributed by atoms with van der Waals surface area (Å²) in [7, 11) is 3.02. The summed E-state index contributed by atoms with van der Waals surface area (Å²) >= 11 is 0. The summed E-state index contributed by atoms with van der Waals surface area (Å²) in [4.78, 5) is 12.8. The molecule has 4 rings (SSSR count). The first-order chi connectivity index (χ1) is 15.0. The number of methoxy groups -OCH3 is 2. The van der Waals surface area contributed by atoms with Crippen LogP contribution in [0.25, 0.3) is 21.9 Å². The number of carbonyl (C=O) groups is 1. The van der Waals surface area contributed by atoms with Gasteiger partial charge in [0.05, 0.1) is 31.5 Å². The van der Waals surface area contributed by atoms with Crippen LogP contribution in [-0.4, -0.2) is 26.2 Å². The number of benzene rings is 3. The number of anilines is 1. The van der Waals surface area contributed by atoms with Crippen molar-refractivity contribution in [1.82, 2.24) is 0 Å². The fraction of sp³-hybridized carbons (Fsp3) is 0.167. The molecule has 1 heterocycles. The highest BCUT2D eigenvalue weighted by Crippen LogP contribution is 2.36. The Balaban J connectivity index is 1.59. The summed E-state index contributed by atoms with van der Waals surface area (Å²) in [6, 6.07) is 18.1. The van der Waals surface area contributed by atoms with Crippen molar-refractivity contribution in [2.75, 3.05) is 19.5 Å². The molecule has 0 bridgehead atoms. The highest BCUT2D eigenvalue weighted by molar-refractivity contribution is 6.08. The molecule has 1 aromatic heterocycles. The van der Waals surface area contributed by atoms with E-state index in [0.29, 0.717) is 34.1 Å². The maximum atomic E-state index is 12.8.